The van der Waals surface area contributed by atoms with Gasteiger partial charge in [0.2, 0.25) is 0 Å². The number of nitrogens with one attached hydrogen (secondary N) is 1. The number of pyridine rings is 1. The molecule has 2 aromatic carbocycles. The Morgan fingerprint density at radius 3 is 2.43 bits per heavy atom. The molecule has 0 spiro atoms. The van der Waals surface area contributed by atoms with Crippen LogP contribution in [0.3, 0.4) is 0 Å². The predicted molar refractivity (Wildman–Crippen MR) is 97.6 cm³/mol. The number of halogens is 4. The Morgan fingerprint density at radius 1 is 0.929 bits per heavy atom. The van der Waals surface area contributed by atoms with E-state index in [0.29, 0.717) is 16.8 Å². The van der Waals surface area contributed by atoms with Crippen LogP contribution in [0.5, 0.6) is 0 Å². The second-order valence-electron chi connectivity index (χ2n) is 6.16. The van der Waals surface area contributed by atoms with E-state index >= 15 is 0 Å². The Morgan fingerprint density at radius 2 is 1.68 bits per heavy atom. The van der Waals surface area contributed by atoms with Crippen molar-refractivity contribution >= 4 is 16.6 Å². The summed E-state index contributed by atoms with van der Waals surface area (Å²) in [6, 6.07) is 11.2. The van der Waals surface area contributed by atoms with Gasteiger partial charge >= 0.3 is 6.18 Å². The lowest BCUT2D eigenvalue weighted by Crippen LogP contribution is -2.10. The molecule has 0 unspecified atom stereocenters. The van der Waals surface area contributed by atoms with E-state index in [0.717, 1.165) is 11.5 Å². The monoisotopic (exact) mass is 386 g/mol. The van der Waals surface area contributed by atoms with Crippen molar-refractivity contribution in [2.45, 2.75) is 12.7 Å². The van der Waals surface area contributed by atoms with Crippen molar-refractivity contribution in [2.75, 3.05) is 5.32 Å². The molecule has 0 atom stereocenters. The Kier molecular flexibility index (Phi) is 4.46. The van der Waals surface area contributed by atoms with Gasteiger partial charge in [-0.3, -0.25) is 4.98 Å². The third-order valence-corrected chi connectivity index (χ3v) is 4.35. The lowest BCUT2D eigenvalue weighted by atomic mass is 10.1. The predicted octanol–water partition coefficient (Wildman–Crippen LogP) is 5.19. The van der Waals surface area contributed by atoms with Gasteiger partial charge in [0.15, 0.2) is 0 Å². The molecule has 0 fully saturated rings. The van der Waals surface area contributed by atoms with E-state index in [-0.39, 0.29) is 18.0 Å². The van der Waals surface area contributed by atoms with Crippen molar-refractivity contribution in [1.82, 2.24) is 14.8 Å². The first-order valence-electron chi connectivity index (χ1n) is 8.40. The standard InChI is InChI=1S/C20H14F4N4/c21-14-5-7-15(8-6-14)28-19-12-25-9-13(16(19)11-27-28)10-26-18-4-2-1-3-17(18)20(22,23)24/h1-9,11-12,26H,10H2. The molecule has 0 radical (unpaired) electrons. The summed E-state index contributed by atoms with van der Waals surface area (Å²) in [7, 11) is 0. The first-order chi connectivity index (χ1) is 13.4. The van der Waals surface area contributed by atoms with Crippen molar-refractivity contribution in [1.29, 1.82) is 0 Å². The second-order valence-corrected chi connectivity index (χ2v) is 6.16. The summed E-state index contributed by atoms with van der Waals surface area (Å²) in [5.41, 5.74) is 1.30. The molecule has 4 aromatic rings. The van der Waals surface area contributed by atoms with Gasteiger partial charge in [-0.15, -0.1) is 0 Å². The molecule has 28 heavy (non-hydrogen) atoms. The van der Waals surface area contributed by atoms with E-state index in [1.54, 1.807) is 41.5 Å². The molecule has 8 heteroatoms. The molecule has 2 aromatic heterocycles. The third kappa shape index (κ3) is 3.40. The molecule has 2 heterocycles. The highest BCUT2D eigenvalue weighted by molar-refractivity contribution is 5.83. The summed E-state index contributed by atoms with van der Waals surface area (Å²) in [5.74, 6) is -0.355. The van der Waals surface area contributed by atoms with E-state index in [2.05, 4.69) is 15.4 Å². The molecule has 0 saturated carbocycles. The fourth-order valence-electron chi connectivity index (χ4n) is 3.00. The number of fused-ring (bicyclic) bond motifs is 1. The summed E-state index contributed by atoms with van der Waals surface area (Å²) in [4.78, 5) is 4.18. The highest BCUT2D eigenvalue weighted by Crippen LogP contribution is 2.35. The van der Waals surface area contributed by atoms with Crippen LogP contribution in [-0.2, 0) is 12.7 Å². The number of aromatic nitrogens is 3. The number of hydrogen-bond acceptors (Lipinski definition) is 3. The normalized spacial score (nSPS) is 11.7. The van der Waals surface area contributed by atoms with Gasteiger partial charge in [0.25, 0.3) is 0 Å². The van der Waals surface area contributed by atoms with Gasteiger partial charge < -0.3 is 5.32 Å². The summed E-state index contributed by atoms with van der Waals surface area (Å²) >= 11 is 0. The van der Waals surface area contributed by atoms with Crippen molar-refractivity contribution in [3.63, 3.8) is 0 Å². The van der Waals surface area contributed by atoms with Crippen LogP contribution in [0.15, 0.2) is 67.1 Å². The number of nitrogens with zero attached hydrogens (tertiary/aromatic N) is 3. The van der Waals surface area contributed by atoms with Crippen LogP contribution < -0.4 is 5.32 Å². The lowest BCUT2D eigenvalue weighted by Gasteiger charge is -2.14. The Labute approximate surface area is 157 Å². The fraction of sp³-hybridized carbons (Fsp3) is 0.100. The lowest BCUT2D eigenvalue weighted by molar-refractivity contribution is -0.137. The van der Waals surface area contributed by atoms with Crippen LogP contribution in [0.1, 0.15) is 11.1 Å². The highest BCUT2D eigenvalue weighted by atomic mass is 19.4. The average Bonchev–Trinajstić information content (AvgIpc) is 3.11. The van der Waals surface area contributed by atoms with Crippen molar-refractivity contribution in [3.05, 3.63) is 84.1 Å². The highest BCUT2D eigenvalue weighted by Gasteiger charge is 2.33. The minimum atomic E-state index is -4.44. The van der Waals surface area contributed by atoms with Crippen LogP contribution in [-0.4, -0.2) is 14.8 Å². The summed E-state index contributed by atoms with van der Waals surface area (Å²) < 4.78 is 54.2. The molecule has 4 nitrogen and oxygen atoms in total. The first kappa shape index (κ1) is 18.0. The van der Waals surface area contributed by atoms with Gasteiger partial charge in [-0.1, -0.05) is 12.1 Å². The van der Waals surface area contributed by atoms with Crippen molar-refractivity contribution in [3.8, 4) is 5.69 Å². The number of rotatable bonds is 4. The van der Waals surface area contributed by atoms with E-state index in [4.69, 9.17) is 0 Å². The zero-order valence-electron chi connectivity index (χ0n) is 14.4. The van der Waals surface area contributed by atoms with E-state index in [1.165, 1.54) is 24.3 Å². The fourth-order valence-corrected chi connectivity index (χ4v) is 3.00. The largest absolute Gasteiger partial charge is 0.418 e. The quantitative estimate of drug-likeness (QED) is 0.491. The van der Waals surface area contributed by atoms with Crippen LogP contribution in [0.4, 0.5) is 23.2 Å². The number of benzene rings is 2. The minimum absolute atomic E-state index is 0.00192. The van der Waals surface area contributed by atoms with Gasteiger partial charge in [-0.2, -0.15) is 18.3 Å². The van der Waals surface area contributed by atoms with Gasteiger partial charge in [-0.05, 0) is 36.4 Å². The number of hydrogen-bond donors (Lipinski definition) is 1. The Hall–Kier alpha value is -3.42. The summed E-state index contributed by atoms with van der Waals surface area (Å²) in [5, 5.41) is 7.90. The first-order valence-corrected chi connectivity index (χ1v) is 8.40. The van der Waals surface area contributed by atoms with Crippen LogP contribution >= 0.6 is 0 Å². The molecule has 0 aliphatic heterocycles. The maximum absolute atomic E-state index is 13.2. The van der Waals surface area contributed by atoms with E-state index in [1.807, 2.05) is 0 Å². The molecule has 0 aliphatic rings. The molecule has 0 bridgehead atoms. The zero-order chi connectivity index (χ0) is 19.7. The molecule has 0 amide bonds. The zero-order valence-corrected chi connectivity index (χ0v) is 14.4. The minimum Gasteiger partial charge on any atom is -0.380 e. The Balaban J connectivity index is 1.65. The van der Waals surface area contributed by atoms with Gasteiger partial charge in [-0.25, -0.2) is 9.07 Å². The Bertz CT molecular complexity index is 1120. The maximum Gasteiger partial charge on any atom is 0.418 e. The SMILES string of the molecule is Fc1ccc(-n2ncc3c(CNc4ccccc4C(F)(F)F)cncc32)cc1. The second kappa shape index (κ2) is 6.95. The molecular formula is C20H14F4N4. The van der Waals surface area contributed by atoms with E-state index in [9.17, 15) is 17.6 Å². The van der Waals surface area contributed by atoms with Crippen LogP contribution in [0.25, 0.3) is 16.6 Å². The van der Waals surface area contributed by atoms with Crippen molar-refractivity contribution < 1.29 is 17.6 Å². The molecule has 0 saturated heterocycles. The maximum atomic E-state index is 13.2. The van der Waals surface area contributed by atoms with Crippen molar-refractivity contribution in [2.24, 2.45) is 0 Å². The number of alkyl halides is 3. The molecule has 142 valence electrons. The average molecular weight is 386 g/mol. The molecule has 0 aliphatic carbocycles. The summed E-state index contributed by atoms with van der Waals surface area (Å²) in [6.07, 6.45) is 0.370. The van der Waals surface area contributed by atoms with Gasteiger partial charge in [0, 0.05) is 29.4 Å². The molecular weight excluding hydrogens is 372 g/mol. The topological polar surface area (TPSA) is 42.7 Å². The summed E-state index contributed by atoms with van der Waals surface area (Å²) in [6.45, 7) is 0.145. The van der Waals surface area contributed by atoms with E-state index < -0.39 is 11.7 Å². The van der Waals surface area contributed by atoms with Crippen LogP contribution in [0, 0.1) is 5.82 Å². The number of para-hydroxylation sites is 1. The van der Waals surface area contributed by atoms with Gasteiger partial charge in [0.1, 0.15) is 5.82 Å². The number of anilines is 1. The van der Waals surface area contributed by atoms with Crippen LogP contribution in [0.2, 0.25) is 0 Å². The third-order valence-electron chi connectivity index (χ3n) is 4.35. The molecule has 1 N–H and O–H groups in total. The molecule has 4 rings (SSSR count). The smallest absolute Gasteiger partial charge is 0.380 e. The van der Waals surface area contributed by atoms with Gasteiger partial charge in [0.05, 0.1) is 29.2 Å².